The number of hydrogen-bond donors (Lipinski definition) is 0. The first-order chi connectivity index (χ1) is 14.3. The predicted molar refractivity (Wildman–Crippen MR) is 106 cm³/mol. The number of aliphatic imine (C=N–C) groups is 1. The van der Waals surface area contributed by atoms with Crippen molar-refractivity contribution in [1.29, 1.82) is 0 Å². The Labute approximate surface area is 174 Å². The van der Waals surface area contributed by atoms with Crippen molar-refractivity contribution in [1.82, 2.24) is 14.8 Å². The highest BCUT2D eigenvalue weighted by molar-refractivity contribution is 7.15. The normalized spacial score (nSPS) is 19.9. The lowest BCUT2D eigenvalue weighted by molar-refractivity contribution is -0.00579. The van der Waals surface area contributed by atoms with Crippen LogP contribution in [0.4, 0.5) is 17.6 Å². The van der Waals surface area contributed by atoms with Gasteiger partial charge in [-0.05, 0) is 44.4 Å². The van der Waals surface area contributed by atoms with E-state index in [0.29, 0.717) is 45.5 Å². The van der Waals surface area contributed by atoms with Crippen molar-refractivity contribution in [2.24, 2.45) is 4.99 Å². The van der Waals surface area contributed by atoms with E-state index in [9.17, 15) is 17.6 Å². The van der Waals surface area contributed by atoms with E-state index >= 15 is 0 Å². The number of rotatable bonds is 1. The molecule has 9 heteroatoms. The molecule has 0 spiro atoms. The highest BCUT2D eigenvalue weighted by Crippen LogP contribution is 2.44. The van der Waals surface area contributed by atoms with E-state index in [2.05, 4.69) is 15.2 Å². The van der Waals surface area contributed by atoms with Crippen LogP contribution in [0.3, 0.4) is 0 Å². The second kappa shape index (κ2) is 6.73. The summed E-state index contributed by atoms with van der Waals surface area (Å²) in [5.74, 6) is -3.19. The summed E-state index contributed by atoms with van der Waals surface area (Å²) in [6.07, 6.45) is 0.0899. The van der Waals surface area contributed by atoms with Gasteiger partial charge in [0.25, 0.3) is 5.92 Å². The van der Waals surface area contributed by atoms with E-state index in [1.165, 1.54) is 29.5 Å². The maximum absolute atomic E-state index is 14.8. The molecule has 1 aromatic carbocycles. The van der Waals surface area contributed by atoms with Crippen molar-refractivity contribution in [2.45, 2.75) is 51.5 Å². The number of aryl methyl sites for hydroxylation is 1. The molecule has 0 bridgehead atoms. The van der Waals surface area contributed by atoms with Gasteiger partial charge in [-0.1, -0.05) is 6.07 Å². The van der Waals surface area contributed by atoms with Crippen LogP contribution in [0.1, 0.15) is 59.0 Å². The average molecular weight is 434 g/mol. The predicted octanol–water partition coefficient (Wildman–Crippen LogP) is 5.34. The zero-order valence-electron chi connectivity index (χ0n) is 16.3. The number of halogens is 4. The SMILES string of the molecule is Cc1nnc2n1-c1sc3c(c1C(c1c(F)cccc1F)=N[C@H]2C)CCCC(F)(F)C3. The molecule has 3 aromatic rings. The fourth-order valence-electron chi connectivity index (χ4n) is 4.28. The monoisotopic (exact) mass is 434 g/mol. The smallest absolute Gasteiger partial charge is 0.252 e. The number of hydrogen-bond acceptors (Lipinski definition) is 4. The molecule has 1 atom stereocenters. The maximum atomic E-state index is 14.8. The van der Waals surface area contributed by atoms with Crippen LogP contribution in [0, 0.1) is 18.6 Å². The molecule has 30 heavy (non-hydrogen) atoms. The van der Waals surface area contributed by atoms with Crippen molar-refractivity contribution in [3.8, 4) is 5.00 Å². The Kier molecular flexibility index (Phi) is 4.36. The zero-order valence-corrected chi connectivity index (χ0v) is 17.2. The maximum Gasteiger partial charge on any atom is 0.252 e. The number of aromatic nitrogens is 3. The summed E-state index contributed by atoms with van der Waals surface area (Å²) in [7, 11) is 0. The highest BCUT2D eigenvalue weighted by atomic mass is 32.1. The minimum Gasteiger partial charge on any atom is -0.273 e. The Balaban J connectivity index is 1.85. The fourth-order valence-corrected chi connectivity index (χ4v) is 5.77. The van der Waals surface area contributed by atoms with Gasteiger partial charge in [0.2, 0.25) is 0 Å². The Morgan fingerprint density at radius 1 is 1.13 bits per heavy atom. The molecule has 0 fully saturated rings. The minimum atomic E-state index is -2.81. The van der Waals surface area contributed by atoms with Crippen LogP contribution in [-0.2, 0) is 12.8 Å². The van der Waals surface area contributed by atoms with Crippen molar-refractivity contribution in [2.75, 3.05) is 0 Å². The molecule has 0 unspecified atom stereocenters. The standard InChI is InChI=1S/C21H18F4N4S/c1-10-19-28-27-11(2)29(19)20-16(12-5-4-8-21(24,25)9-15(12)30-20)18(26-10)17-13(22)6-3-7-14(17)23/h3,6-7,10H,4-5,8-9H2,1-2H3/t10-/m0/s1. The van der Waals surface area contributed by atoms with Crippen LogP contribution in [0.15, 0.2) is 23.2 Å². The van der Waals surface area contributed by atoms with Crippen molar-refractivity contribution in [3.05, 3.63) is 63.0 Å². The van der Waals surface area contributed by atoms with Gasteiger partial charge in [0.1, 0.15) is 28.5 Å². The largest absolute Gasteiger partial charge is 0.273 e. The van der Waals surface area contributed by atoms with Gasteiger partial charge < -0.3 is 0 Å². The molecule has 0 saturated heterocycles. The molecule has 0 N–H and O–H groups in total. The molecule has 0 amide bonds. The Hall–Kier alpha value is -2.55. The number of fused-ring (bicyclic) bond motifs is 5. The van der Waals surface area contributed by atoms with Gasteiger partial charge in [-0.15, -0.1) is 21.5 Å². The third-order valence-corrected chi connectivity index (χ3v) is 6.86. The summed E-state index contributed by atoms with van der Waals surface area (Å²) in [6.45, 7) is 3.54. The number of benzene rings is 1. The van der Waals surface area contributed by atoms with Gasteiger partial charge in [-0.3, -0.25) is 9.56 Å². The van der Waals surface area contributed by atoms with Gasteiger partial charge in [-0.2, -0.15) is 0 Å². The Bertz CT molecular complexity index is 1170. The number of nitrogens with zero attached hydrogens (tertiary/aromatic N) is 4. The van der Waals surface area contributed by atoms with E-state index in [1.807, 2.05) is 0 Å². The molecule has 1 aliphatic carbocycles. The zero-order chi connectivity index (χ0) is 21.2. The highest BCUT2D eigenvalue weighted by Gasteiger charge is 2.38. The molecule has 0 radical (unpaired) electrons. The second-order valence-corrected chi connectivity index (χ2v) is 8.85. The lowest BCUT2D eigenvalue weighted by atomic mass is 9.96. The molecule has 2 aliphatic rings. The van der Waals surface area contributed by atoms with Gasteiger partial charge in [0.15, 0.2) is 5.82 Å². The third kappa shape index (κ3) is 2.90. The first-order valence-corrected chi connectivity index (χ1v) is 10.6. The molecule has 1 aliphatic heterocycles. The van der Waals surface area contributed by atoms with Crippen LogP contribution in [-0.4, -0.2) is 26.4 Å². The molecular weight excluding hydrogens is 416 g/mol. The fraction of sp³-hybridized carbons (Fsp3) is 0.381. The van der Waals surface area contributed by atoms with Crippen molar-refractivity contribution in [3.63, 3.8) is 0 Å². The Morgan fingerprint density at radius 3 is 2.60 bits per heavy atom. The van der Waals surface area contributed by atoms with E-state index in [4.69, 9.17) is 0 Å². The summed E-state index contributed by atoms with van der Waals surface area (Å²) in [5.41, 5.74) is 1.13. The molecule has 3 heterocycles. The van der Waals surface area contributed by atoms with Crippen LogP contribution < -0.4 is 0 Å². The third-order valence-electron chi connectivity index (χ3n) is 5.65. The summed E-state index contributed by atoms with van der Waals surface area (Å²) < 4.78 is 60.0. The molecular formula is C21H18F4N4S. The van der Waals surface area contributed by atoms with Gasteiger partial charge >= 0.3 is 0 Å². The van der Waals surface area contributed by atoms with E-state index in [1.54, 1.807) is 18.4 Å². The Morgan fingerprint density at radius 2 is 1.87 bits per heavy atom. The minimum absolute atomic E-state index is 0.153. The quantitative estimate of drug-likeness (QED) is 0.383. The molecule has 2 aromatic heterocycles. The van der Waals surface area contributed by atoms with Crippen molar-refractivity contribution < 1.29 is 17.6 Å². The van der Waals surface area contributed by atoms with Crippen LogP contribution >= 0.6 is 11.3 Å². The van der Waals surface area contributed by atoms with E-state index in [-0.39, 0.29) is 24.1 Å². The summed E-state index contributed by atoms with van der Waals surface area (Å²) in [5, 5.41) is 8.93. The lowest BCUT2D eigenvalue weighted by Crippen LogP contribution is -2.17. The second-order valence-electron chi connectivity index (χ2n) is 7.76. The topological polar surface area (TPSA) is 43.1 Å². The van der Waals surface area contributed by atoms with Crippen LogP contribution in [0.5, 0.6) is 0 Å². The van der Waals surface area contributed by atoms with Gasteiger partial charge in [0.05, 0.1) is 11.3 Å². The number of thiophene rings is 1. The first-order valence-electron chi connectivity index (χ1n) is 9.74. The average Bonchev–Trinajstić information content (AvgIpc) is 3.12. The van der Waals surface area contributed by atoms with Crippen molar-refractivity contribution >= 4 is 17.0 Å². The van der Waals surface area contributed by atoms with Crippen LogP contribution in [0.25, 0.3) is 5.00 Å². The molecule has 5 rings (SSSR count). The summed E-state index contributed by atoms with van der Waals surface area (Å²) in [4.78, 5) is 5.17. The van der Waals surface area contributed by atoms with E-state index < -0.39 is 23.6 Å². The van der Waals surface area contributed by atoms with Gasteiger partial charge in [0, 0.05) is 23.3 Å². The van der Waals surface area contributed by atoms with Gasteiger partial charge in [-0.25, -0.2) is 17.6 Å². The summed E-state index contributed by atoms with van der Waals surface area (Å²) in [6, 6.07) is 3.15. The molecule has 4 nitrogen and oxygen atoms in total. The van der Waals surface area contributed by atoms with Crippen LogP contribution in [0.2, 0.25) is 0 Å². The van der Waals surface area contributed by atoms with E-state index in [0.717, 1.165) is 0 Å². The number of alkyl halides is 2. The lowest BCUT2D eigenvalue weighted by Gasteiger charge is -2.12. The molecule has 0 saturated carbocycles. The molecule has 156 valence electrons. The first kappa shape index (κ1) is 19.4. The summed E-state index contributed by atoms with van der Waals surface area (Å²) >= 11 is 1.22.